The Hall–Kier alpha value is -1.26. The van der Waals surface area contributed by atoms with Gasteiger partial charge >= 0.3 is 6.03 Å². The first-order valence-corrected chi connectivity index (χ1v) is 6.77. The molecule has 106 valence electrons. The van der Waals surface area contributed by atoms with Crippen LogP contribution in [0.3, 0.4) is 0 Å². The normalized spacial score (nSPS) is 12.3. The summed E-state index contributed by atoms with van der Waals surface area (Å²) < 4.78 is 0. The van der Waals surface area contributed by atoms with Crippen LogP contribution in [-0.4, -0.2) is 23.8 Å². The molecule has 4 nitrogen and oxygen atoms in total. The Labute approximate surface area is 119 Å². The fourth-order valence-corrected chi connectivity index (χ4v) is 1.83. The predicted molar refractivity (Wildman–Crippen MR) is 78.7 cm³/mol. The van der Waals surface area contributed by atoms with Gasteiger partial charge < -0.3 is 15.7 Å². The molecular formula is C14H21ClN2O2. The van der Waals surface area contributed by atoms with Crippen LogP contribution < -0.4 is 10.6 Å². The standard InChI is InChI=1S/C14H21ClN2O2/c1-9(2)13(18)6-7-16-14(19)17-12-5-4-11(15)8-10(12)3/h4-5,8-9,13,18H,6-7H2,1-3H3,(H2,16,17,19). The van der Waals surface area contributed by atoms with E-state index in [2.05, 4.69) is 10.6 Å². The van der Waals surface area contributed by atoms with E-state index >= 15 is 0 Å². The fraction of sp³-hybridized carbons (Fsp3) is 0.500. The van der Waals surface area contributed by atoms with Gasteiger partial charge in [-0.3, -0.25) is 0 Å². The molecule has 2 amide bonds. The number of amides is 2. The van der Waals surface area contributed by atoms with Crippen LogP contribution in [0.2, 0.25) is 5.02 Å². The van der Waals surface area contributed by atoms with Crippen molar-refractivity contribution in [3.8, 4) is 0 Å². The van der Waals surface area contributed by atoms with Gasteiger partial charge in [0, 0.05) is 17.3 Å². The zero-order chi connectivity index (χ0) is 14.4. The van der Waals surface area contributed by atoms with E-state index in [4.69, 9.17) is 11.6 Å². The van der Waals surface area contributed by atoms with Crippen molar-refractivity contribution in [2.75, 3.05) is 11.9 Å². The summed E-state index contributed by atoms with van der Waals surface area (Å²) >= 11 is 5.85. The lowest BCUT2D eigenvalue weighted by molar-refractivity contribution is 0.117. The van der Waals surface area contributed by atoms with Crippen molar-refractivity contribution in [2.45, 2.75) is 33.3 Å². The number of aryl methyl sites for hydroxylation is 1. The van der Waals surface area contributed by atoms with Gasteiger partial charge in [0.1, 0.15) is 0 Å². The number of nitrogens with one attached hydrogen (secondary N) is 2. The van der Waals surface area contributed by atoms with E-state index < -0.39 is 6.10 Å². The van der Waals surface area contributed by atoms with Crippen LogP contribution in [0.15, 0.2) is 18.2 Å². The maximum absolute atomic E-state index is 11.7. The third-order valence-electron chi connectivity index (χ3n) is 2.93. The molecule has 0 radical (unpaired) electrons. The summed E-state index contributed by atoms with van der Waals surface area (Å²) in [6, 6.07) is 5.01. The van der Waals surface area contributed by atoms with Gasteiger partial charge in [-0.1, -0.05) is 25.4 Å². The maximum atomic E-state index is 11.7. The van der Waals surface area contributed by atoms with Crippen LogP contribution in [0, 0.1) is 12.8 Å². The molecule has 0 aliphatic carbocycles. The minimum atomic E-state index is -0.391. The molecule has 0 heterocycles. The van der Waals surface area contributed by atoms with Crippen molar-refractivity contribution < 1.29 is 9.90 Å². The summed E-state index contributed by atoms with van der Waals surface area (Å²) in [5, 5.41) is 15.7. The van der Waals surface area contributed by atoms with E-state index in [1.165, 1.54) is 0 Å². The van der Waals surface area contributed by atoms with E-state index in [1.54, 1.807) is 18.2 Å². The van der Waals surface area contributed by atoms with Gasteiger partial charge in [0.05, 0.1) is 6.10 Å². The summed E-state index contributed by atoms with van der Waals surface area (Å²) in [6.45, 7) is 6.21. The van der Waals surface area contributed by atoms with Crippen LogP contribution in [0.4, 0.5) is 10.5 Å². The number of urea groups is 1. The highest BCUT2D eigenvalue weighted by molar-refractivity contribution is 6.30. The lowest BCUT2D eigenvalue weighted by atomic mass is 10.0. The topological polar surface area (TPSA) is 61.4 Å². The van der Waals surface area contributed by atoms with Gasteiger partial charge in [-0.25, -0.2) is 4.79 Å². The Morgan fingerprint density at radius 1 is 1.42 bits per heavy atom. The van der Waals surface area contributed by atoms with Crippen molar-refractivity contribution in [3.63, 3.8) is 0 Å². The second-order valence-corrected chi connectivity index (χ2v) is 5.38. The molecule has 19 heavy (non-hydrogen) atoms. The fourth-order valence-electron chi connectivity index (χ4n) is 1.60. The second-order valence-electron chi connectivity index (χ2n) is 4.94. The van der Waals surface area contributed by atoms with Crippen LogP contribution in [0.1, 0.15) is 25.8 Å². The lowest BCUT2D eigenvalue weighted by Gasteiger charge is -2.15. The average molecular weight is 285 g/mol. The first-order chi connectivity index (χ1) is 8.90. The minimum absolute atomic E-state index is 0.198. The largest absolute Gasteiger partial charge is 0.393 e. The summed E-state index contributed by atoms with van der Waals surface area (Å²) in [5.41, 5.74) is 1.64. The Kier molecular flexibility index (Phi) is 6.12. The Morgan fingerprint density at radius 3 is 2.68 bits per heavy atom. The van der Waals surface area contributed by atoms with Crippen molar-refractivity contribution in [1.29, 1.82) is 0 Å². The average Bonchev–Trinajstić information content (AvgIpc) is 2.32. The van der Waals surface area contributed by atoms with E-state index in [-0.39, 0.29) is 11.9 Å². The molecule has 0 saturated heterocycles. The first kappa shape index (κ1) is 15.8. The Balaban J connectivity index is 2.39. The van der Waals surface area contributed by atoms with Crippen LogP contribution >= 0.6 is 11.6 Å². The molecular weight excluding hydrogens is 264 g/mol. The number of hydrogen-bond acceptors (Lipinski definition) is 2. The zero-order valence-electron chi connectivity index (χ0n) is 11.5. The molecule has 1 atom stereocenters. The molecule has 5 heteroatoms. The highest BCUT2D eigenvalue weighted by Gasteiger charge is 2.10. The zero-order valence-corrected chi connectivity index (χ0v) is 12.3. The molecule has 1 aromatic rings. The number of rotatable bonds is 5. The van der Waals surface area contributed by atoms with Crippen molar-refractivity contribution >= 4 is 23.3 Å². The monoisotopic (exact) mass is 284 g/mol. The Bertz CT molecular complexity index is 435. The van der Waals surface area contributed by atoms with E-state index in [1.807, 2.05) is 20.8 Å². The van der Waals surface area contributed by atoms with E-state index in [0.29, 0.717) is 18.0 Å². The maximum Gasteiger partial charge on any atom is 0.319 e. The number of aliphatic hydroxyl groups is 1. The van der Waals surface area contributed by atoms with Gasteiger partial charge in [-0.05, 0) is 43.0 Å². The highest BCUT2D eigenvalue weighted by atomic mass is 35.5. The SMILES string of the molecule is Cc1cc(Cl)ccc1NC(=O)NCCC(O)C(C)C. The molecule has 0 aromatic heterocycles. The van der Waals surface area contributed by atoms with Crippen molar-refractivity contribution in [3.05, 3.63) is 28.8 Å². The van der Waals surface area contributed by atoms with Gasteiger partial charge in [-0.2, -0.15) is 0 Å². The van der Waals surface area contributed by atoms with Crippen LogP contribution in [-0.2, 0) is 0 Å². The molecule has 0 aliphatic heterocycles. The molecule has 0 fully saturated rings. The number of carbonyl (C=O) groups excluding carboxylic acids is 1. The van der Waals surface area contributed by atoms with Gasteiger partial charge in [0.15, 0.2) is 0 Å². The minimum Gasteiger partial charge on any atom is -0.393 e. The second kappa shape index (κ2) is 7.36. The first-order valence-electron chi connectivity index (χ1n) is 6.39. The third-order valence-corrected chi connectivity index (χ3v) is 3.17. The molecule has 0 aliphatic rings. The predicted octanol–water partition coefficient (Wildman–Crippen LogP) is 3.18. The highest BCUT2D eigenvalue weighted by Crippen LogP contribution is 2.19. The number of hydrogen-bond donors (Lipinski definition) is 3. The quantitative estimate of drug-likeness (QED) is 0.778. The van der Waals surface area contributed by atoms with Gasteiger partial charge in [-0.15, -0.1) is 0 Å². The summed E-state index contributed by atoms with van der Waals surface area (Å²) in [4.78, 5) is 11.7. The Morgan fingerprint density at radius 2 is 2.11 bits per heavy atom. The molecule has 0 bridgehead atoms. The lowest BCUT2D eigenvalue weighted by Crippen LogP contribution is -2.32. The smallest absolute Gasteiger partial charge is 0.319 e. The molecule has 0 saturated carbocycles. The van der Waals surface area contributed by atoms with Crippen LogP contribution in [0.25, 0.3) is 0 Å². The van der Waals surface area contributed by atoms with E-state index in [9.17, 15) is 9.90 Å². The van der Waals surface area contributed by atoms with Crippen LogP contribution in [0.5, 0.6) is 0 Å². The van der Waals surface area contributed by atoms with Gasteiger partial charge in [0.25, 0.3) is 0 Å². The molecule has 0 spiro atoms. The number of anilines is 1. The molecule has 1 rings (SSSR count). The molecule has 3 N–H and O–H groups in total. The summed E-state index contributed by atoms with van der Waals surface area (Å²) in [7, 11) is 0. The molecule has 1 aromatic carbocycles. The summed E-state index contributed by atoms with van der Waals surface area (Å²) in [5.74, 6) is 0.198. The third kappa shape index (κ3) is 5.49. The number of aliphatic hydroxyl groups excluding tert-OH is 1. The number of halogens is 1. The number of benzene rings is 1. The molecule has 1 unspecified atom stereocenters. The van der Waals surface area contributed by atoms with E-state index in [0.717, 1.165) is 11.3 Å². The van der Waals surface area contributed by atoms with Gasteiger partial charge in [0.2, 0.25) is 0 Å². The summed E-state index contributed by atoms with van der Waals surface area (Å²) in [6.07, 6.45) is 0.155. The van der Waals surface area contributed by atoms with Crippen molar-refractivity contribution in [1.82, 2.24) is 5.32 Å². The number of carbonyl (C=O) groups is 1. The van der Waals surface area contributed by atoms with Crippen molar-refractivity contribution in [2.24, 2.45) is 5.92 Å².